The summed E-state index contributed by atoms with van der Waals surface area (Å²) in [4.78, 5) is 7.35. The van der Waals surface area contributed by atoms with E-state index in [0.29, 0.717) is 5.13 Å². The molecule has 1 heterocycles. The number of benzene rings is 1. The molecule has 0 aliphatic carbocycles. The summed E-state index contributed by atoms with van der Waals surface area (Å²) in [6.45, 7) is 0. The van der Waals surface area contributed by atoms with E-state index in [0.717, 1.165) is 15.5 Å². The Morgan fingerprint density at radius 1 is 1.41 bits per heavy atom. The van der Waals surface area contributed by atoms with Crippen molar-refractivity contribution in [2.24, 2.45) is 0 Å². The van der Waals surface area contributed by atoms with Crippen molar-refractivity contribution in [3.05, 3.63) is 45.9 Å². The van der Waals surface area contributed by atoms with Crippen LogP contribution in [0.1, 0.15) is 16.5 Å². The molecule has 1 aromatic carbocycles. The molecule has 0 fully saturated rings. The van der Waals surface area contributed by atoms with E-state index < -0.39 is 0 Å². The normalized spacial score (nSPS) is 12.9. The molecule has 0 aliphatic rings. The highest BCUT2D eigenvalue weighted by Gasteiger charge is 2.19. The molecule has 2 rings (SSSR count). The van der Waals surface area contributed by atoms with E-state index in [1.807, 2.05) is 38.5 Å². The van der Waals surface area contributed by atoms with Crippen LogP contribution in [0, 0.1) is 0 Å². The zero-order valence-corrected chi connectivity index (χ0v) is 11.3. The maximum absolute atomic E-state index is 6.03. The Kier molecular flexibility index (Phi) is 3.66. The topological polar surface area (TPSA) is 42.2 Å². The second-order valence-electron chi connectivity index (χ2n) is 4.02. The van der Waals surface area contributed by atoms with Crippen LogP contribution in [0.4, 0.5) is 5.13 Å². The van der Waals surface area contributed by atoms with Crippen molar-refractivity contribution >= 4 is 28.1 Å². The van der Waals surface area contributed by atoms with Crippen molar-refractivity contribution in [3.63, 3.8) is 0 Å². The molecule has 2 aromatic rings. The molecule has 1 atom stereocenters. The van der Waals surface area contributed by atoms with Crippen molar-refractivity contribution < 1.29 is 0 Å². The lowest BCUT2D eigenvalue weighted by Crippen LogP contribution is -2.20. The van der Waals surface area contributed by atoms with Gasteiger partial charge in [-0.25, -0.2) is 4.98 Å². The molecule has 2 N–H and O–H groups in total. The van der Waals surface area contributed by atoms with Crippen LogP contribution in [0.2, 0.25) is 5.02 Å². The van der Waals surface area contributed by atoms with Gasteiger partial charge in [0.25, 0.3) is 0 Å². The summed E-state index contributed by atoms with van der Waals surface area (Å²) in [6.07, 6.45) is 1.82. The van der Waals surface area contributed by atoms with E-state index in [4.69, 9.17) is 17.3 Å². The van der Waals surface area contributed by atoms with Crippen LogP contribution in [-0.4, -0.2) is 24.0 Å². The molecule has 1 aromatic heterocycles. The molecule has 0 saturated heterocycles. The van der Waals surface area contributed by atoms with Gasteiger partial charge in [-0.1, -0.05) is 23.7 Å². The zero-order chi connectivity index (χ0) is 12.4. The van der Waals surface area contributed by atoms with E-state index in [1.165, 1.54) is 11.3 Å². The molecular formula is C12H14ClN3S. The van der Waals surface area contributed by atoms with Gasteiger partial charge in [-0.3, -0.25) is 4.90 Å². The Hall–Kier alpha value is -1.10. The molecule has 0 bridgehead atoms. The second-order valence-corrected chi connectivity index (χ2v) is 5.55. The minimum atomic E-state index is 0.142. The molecule has 17 heavy (non-hydrogen) atoms. The third-order valence-corrected chi connectivity index (χ3v) is 3.61. The number of thiazole rings is 1. The standard InChI is InChI=1S/C12H14ClN3S/c1-16(2)11(10-7-15-12(14)17-10)8-4-3-5-9(13)6-8/h3-7,11H,1-2H3,(H2,14,15). The van der Waals surface area contributed by atoms with Gasteiger partial charge in [0, 0.05) is 16.1 Å². The quantitative estimate of drug-likeness (QED) is 0.930. The summed E-state index contributed by atoms with van der Waals surface area (Å²) >= 11 is 7.54. The highest BCUT2D eigenvalue weighted by molar-refractivity contribution is 7.15. The minimum Gasteiger partial charge on any atom is -0.375 e. The Balaban J connectivity index is 2.42. The number of nitrogen functional groups attached to an aromatic ring is 1. The van der Waals surface area contributed by atoms with Gasteiger partial charge in [-0.05, 0) is 31.8 Å². The van der Waals surface area contributed by atoms with E-state index >= 15 is 0 Å². The van der Waals surface area contributed by atoms with Gasteiger partial charge in [-0.2, -0.15) is 0 Å². The van der Waals surface area contributed by atoms with Gasteiger partial charge in [0.1, 0.15) is 0 Å². The predicted octanol–water partition coefficient (Wildman–Crippen LogP) is 3.03. The van der Waals surface area contributed by atoms with Crippen LogP contribution in [-0.2, 0) is 0 Å². The third kappa shape index (κ3) is 2.77. The first-order valence-electron chi connectivity index (χ1n) is 5.21. The first-order valence-corrected chi connectivity index (χ1v) is 6.40. The number of nitrogens with two attached hydrogens (primary N) is 1. The van der Waals surface area contributed by atoms with E-state index in [1.54, 1.807) is 0 Å². The predicted molar refractivity (Wildman–Crippen MR) is 73.5 cm³/mol. The van der Waals surface area contributed by atoms with Crippen LogP contribution < -0.4 is 5.73 Å². The molecule has 3 nitrogen and oxygen atoms in total. The maximum Gasteiger partial charge on any atom is 0.180 e. The molecule has 5 heteroatoms. The lowest BCUT2D eigenvalue weighted by molar-refractivity contribution is 0.346. The van der Waals surface area contributed by atoms with E-state index in [9.17, 15) is 0 Å². The smallest absolute Gasteiger partial charge is 0.180 e. The van der Waals surface area contributed by atoms with E-state index in [2.05, 4.69) is 16.0 Å². The molecule has 0 aliphatic heterocycles. The number of halogens is 1. The first-order chi connectivity index (χ1) is 8.08. The number of rotatable bonds is 3. The maximum atomic E-state index is 6.03. The summed E-state index contributed by atoms with van der Waals surface area (Å²) < 4.78 is 0. The summed E-state index contributed by atoms with van der Waals surface area (Å²) in [5.74, 6) is 0. The van der Waals surface area contributed by atoms with Crippen molar-refractivity contribution in [2.75, 3.05) is 19.8 Å². The number of hydrogen-bond acceptors (Lipinski definition) is 4. The van der Waals surface area contributed by atoms with Crippen LogP contribution in [0.15, 0.2) is 30.5 Å². The van der Waals surface area contributed by atoms with Gasteiger partial charge >= 0.3 is 0 Å². The molecule has 0 spiro atoms. The number of anilines is 1. The highest BCUT2D eigenvalue weighted by atomic mass is 35.5. The summed E-state index contributed by atoms with van der Waals surface area (Å²) in [6, 6.07) is 8.01. The fourth-order valence-electron chi connectivity index (χ4n) is 1.82. The lowest BCUT2D eigenvalue weighted by Gasteiger charge is -2.23. The monoisotopic (exact) mass is 267 g/mol. The summed E-state index contributed by atoms with van der Waals surface area (Å²) in [7, 11) is 4.06. The molecule has 0 radical (unpaired) electrons. The van der Waals surface area contributed by atoms with Gasteiger partial charge in [0.05, 0.1) is 6.04 Å². The third-order valence-electron chi connectivity index (χ3n) is 2.49. The number of aromatic nitrogens is 1. The van der Waals surface area contributed by atoms with Crippen molar-refractivity contribution in [2.45, 2.75) is 6.04 Å². The van der Waals surface area contributed by atoms with Crippen LogP contribution in [0.25, 0.3) is 0 Å². The van der Waals surface area contributed by atoms with Crippen molar-refractivity contribution in [1.82, 2.24) is 9.88 Å². The molecule has 0 saturated carbocycles. The van der Waals surface area contributed by atoms with Gasteiger partial charge in [0.2, 0.25) is 0 Å². The van der Waals surface area contributed by atoms with Crippen LogP contribution >= 0.6 is 22.9 Å². The van der Waals surface area contributed by atoms with Crippen LogP contribution in [0.5, 0.6) is 0 Å². The summed E-state index contributed by atoms with van der Waals surface area (Å²) in [5.41, 5.74) is 6.83. The first kappa shape index (κ1) is 12.4. The second kappa shape index (κ2) is 5.04. The largest absolute Gasteiger partial charge is 0.375 e. The average molecular weight is 268 g/mol. The Labute approximate surface area is 110 Å². The van der Waals surface area contributed by atoms with E-state index in [-0.39, 0.29) is 6.04 Å². The Morgan fingerprint density at radius 3 is 2.71 bits per heavy atom. The molecule has 1 unspecified atom stereocenters. The molecular weight excluding hydrogens is 254 g/mol. The number of hydrogen-bond donors (Lipinski definition) is 1. The van der Waals surface area contributed by atoms with Crippen molar-refractivity contribution in [3.8, 4) is 0 Å². The lowest BCUT2D eigenvalue weighted by atomic mass is 10.1. The Morgan fingerprint density at radius 2 is 2.18 bits per heavy atom. The van der Waals surface area contributed by atoms with Gasteiger partial charge in [0.15, 0.2) is 5.13 Å². The fraction of sp³-hybridized carbons (Fsp3) is 0.250. The molecule has 0 amide bonds. The van der Waals surface area contributed by atoms with Gasteiger partial charge in [-0.15, -0.1) is 11.3 Å². The fourth-order valence-corrected chi connectivity index (χ4v) is 2.93. The average Bonchev–Trinajstić information content (AvgIpc) is 2.64. The minimum absolute atomic E-state index is 0.142. The SMILES string of the molecule is CN(C)C(c1cccc(Cl)c1)c1cnc(N)s1. The van der Waals surface area contributed by atoms with Gasteiger partial charge < -0.3 is 5.73 Å². The number of nitrogens with zero attached hydrogens (tertiary/aromatic N) is 2. The highest BCUT2D eigenvalue weighted by Crippen LogP contribution is 2.32. The zero-order valence-electron chi connectivity index (χ0n) is 9.72. The Bertz CT molecular complexity index is 510. The molecule has 90 valence electrons. The summed E-state index contributed by atoms with van der Waals surface area (Å²) in [5, 5.41) is 1.33. The van der Waals surface area contributed by atoms with Crippen molar-refractivity contribution in [1.29, 1.82) is 0 Å². The van der Waals surface area contributed by atoms with Crippen LogP contribution in [0.3, 0.4) is 0 Å².